The maximum Gasteiger partial charge on any atom is 0.238 e. The first-order chi connectivity index (χ1) is 19.4. The summed E-state index contributed by atoms with van der Waals surface area (Å²) in [5.74, 6) is -2.08. The highest BCUT2D eigenvalue weighted by Gasteiger charge is 2.70. The van der Waals surface area contributed by atoms with E-state index in [9.17, 15) is 14.4 Å². The summed E-state index contributed by atoms with van der Waals surface area (Å²) in [6.45, 7) is 2.00. The van der Waals surface area contributed by atoms with Crippen LogP contribution in [0.5, 0.6) is 0 Å². The Hall–Kier alpha value is -4.55. The lowest BCUT2D eigenvalue weighted by atomic mass is 9.64. The molecule has 1 spiro atoms. The number of para-hydroxylation sites is 2. The summed E-state index contributed by atoms with van der Waals surface area (Å²) in [5.41, 5.74) is 3.18. The van der Waals surface area contributed by atoms with Gasteiger partial charge < -0.3 is 10.2 Å². The molecule has 4 atom stereocenters. The Morgan fingerprint density at radius 3 is 2.42 bits per heavy atom. The number of halogens is 1. The van der Waals surface area contributed by atoms with E-state index in [-0.39, 0.29) is 23.2 Å². The van der Waals surface area contributed by atoms with Gasteiger partial charge in [-0.2, -0.15) is 0 Å². The van der Waals surface area contributed by atoms with Crippen molar-refractivity contribution in [2.24, 2.45) is 5.92 Å². The number of nitrogens with zero attached hydrogens (tertiary/aromatic N) is 2. The molecular formula is C33H24ClN3O3. The van der Waals surface area contributed by atoms with Crippen LogP contribution in [0.25, 0.3) is 5.57 Å². The van der Waals surface area contributed by atoms with Crippen LogP contribution in [0.1, 0.15) is 38.9 Å². The van der Waals surface area contributed by atoms with Crippen LogP contribution in [0, 0.1) is 5.92 Å². The van der Waals surface area contributed by atoms with Crippen molar-refractivity contribution in [2.75, 3.05) is 10.2 Å². The first-order valence-electron chi connectivity index (χ1n) is 13.2. The van der Waals surface area contributed by atoms with Gasteiger partial charge in [-0.15, -0.1) is 0 Å². The van der Waals surface area contributed by atoms with E-state index in [1.807, 2.05) is 66.4 Å². The van der Waals surface area contributed by atoms with Crippen LogP contribution < -0.4 is 10.2 Å². The molecule has 0 unspecified atom stereocenters. The third kappa shape index (κ3) is 3.23. The SMILES string of the molecule is CC1=C[C@@H]2N(c3ccccc31)[C@H](C(=O)c1ccccc1Cl)[C@@H](C(=O)c1ccccn1)[C@]21C(=O)Nc2ccccc21. The van der Waals surface area contributed by atoms with Gasteiger partial charge >= 0.3 is 0 Å². The summed E-state index contributed by atoms with van der Waals surface area (Å²) >= 11 is 6.57. The fourth-order valence-corrected chi connectivity index (χ4v) is 7.10. The zero-order chi connectivity index (χ0) is 27.6. The van der Waals surface area contributed by atoms with Crippen LogP contribution in [-0.2, 0) is 10.2 Å². The Labute approximate surface area is 236 Å². The number of benzene rings is 3. The molecule has 3 aliphatic rings. The fraction of sp³-hybridized carbons (Fsp3) is 0.152. The molecule has 0 bridgehead atoms. The number of fused-ring (bicyclic) bond motifs is 6. The number of Topliss-reactive ketones (excluding diaryl/α,β-unsaturated/α-hetero) is 2. The van der Waals surface area contributed by atoms with E-state index < -0.39 is 23.4 Å². The van der Waals surface area contributed by atoms with Gasteiger partial charge in [-0.1, -0.05) is 72.3 Å². The fourth-order valence-electron chi connectivity index (χ4n) is 6.88. The second kappa shape index (κ2) is 9.00. The molecule has 3 aromatic carbocycles. The number of amides is 1. The Morgan fingerprint density at radius 1 is 0.900 bits per heavy atom. The van der Waals surface area contributed by atoms with Crippen molar-refractivity contribution in [1.82, 2.24) is 4.98 Å². The molecular weight excluding hydrogens is 522 g/mol. The van der Waals surface area contributed by atoms with E-state index in [2.05, 4.69) is 10.3 Å². The van der Waals surface area contributed by atoms with E-state index in [1.165, 1.54) is 0 Å². The molecule has 3 aliphatic heterocycles. The Bertz CT molecular complexity index is 1750. The molecule has 4 heterocycles. The number of ketones is 2. The first kappa shape index (κ1) is 24.5. The molecule has 1 saturated heterocycles. The van der Waals surface area contributed by atoms with Crippen LogP contribution in [-0.4, -0.2) is 34.5 Å². The van der Waals surface area contributed by atoms with Gasteiger partial charge in [0.05, 0.1) is 17.0 Å². The molecule has 1 amide bonds. The Morgan fingerprint density at radius 2 is 1.62 bits per heavy atom. The lowest BCUT2D eigenvalue weighted by molar-refractivity contribution is -0.121. The number of hydrogen-bond acceptors (Lipinski definition) is 5. The van der Waals surface area contributed by atoms with E-state index >= 15 is 0 Å². The summed E-state index contributed by atoms with van der Waals surface area (Å²) in [5, 5.41) is 3.34. The van der Waals surface area contributed by atoms with Crippen LogP contribution in [0.3, 0.4) is 0 Å². The third-order valence-electron chi connectivity index (χ3n) is 8.49. The maximum atomic E-state index is 14.7. The molecule has 1 fully saturated rings. The van der Waals surface area contributed by atoms with Gasteiger partial charge in [-0.25, -0.2) is 0 Å². The minimum absolute atomic E-state index is 0.204. The standard InChI is InChI=1S/C33H24ClN3O3/c1-19-18-27-33(22-12-4-6-14-24(22)36-32(33)40)28(31(39)25-15-8-9-17-35-25)29(30(38)21-11-2-5-13-23(21)34)37(27)26-16-7-3-10-20(19)26/h2-18,27-29H,1H3,(H,36,40)/t27-,28-,29-,33+/m0/s1. The molecule has 0 aliphatic carbocycles. The summed E-state index contributed by atoms with van der Waals surface area (Å²) in [4.78, 5) is 50.0. The zero-order valence-corrected chi connectivity index (χ0v) is 22.3. The van der Waals surface area contributed by atoms with Gasteiger partial charge in [0, 0.05) is 28.7 Å². The smallest absolute Gasteiger partial charge is 0.238 e. The van der Waals surface area contributed by atoms with Crippen molar-refractivity contribution in [3.05, 3.63) is 131 Å². The Balaban J connectivity index is 1.57. The molecule has 4 aromatic rings. The average molecular weight is 546 g/mol. The number of nitrogens with one attached hydrogen (secondary N) is 1. The lowest BCUT2D eigenvalue weighted by Crippen LogP contribution is -2.51. The number of pyridine rings is 1. The molecule has 0 saturated carbocycles. The predicted octanol–water partition coefficient (Wildman–Crippen LogP) is 5.98. The zero-order valence-electron chi connectivity index (χ0n) is 21.5. The van der Waals surface area contributed by atoms with Gasteiger partial charge in [-0.05, 0) is 54.5 Å². The quantitative estimate of drug-likeness (QED) is 0.319. The molecule has 7 rings (SSSR count). The van der Waals surface area contributed by atoms with Crippen molar-refractivity contribution in [1.29, 1.82) is 0 Å². The van der Waals surface area contributed by atoms with E-state index in [1.54, 1.807) is 48.7 Å². The minimum atomic E-state index is -1.39. The normalized spacial score (nSPS) is 24.1. The van der Waals surface area contributed by atoms with Crippen LogP contribution in [0.2, 0.25) is 5.02 Å². The number of anilines is 2. The largest absolute Gasteiger partial charge is 0.352 e. The van der Waals surface area contributed by atoms with Crippen LogP contribution in [0.4, 0.5) is 11.4 Å². The molecule has 1 aromatic heterocycles. The number of rotatable bonds is 4. The van der Waals surface area contributed by atoms with Crippen molar-refractivity contribution in [3.63, 3.8) is 0 Å². The number of allylic oxidation sites excluding steroid dienone is 1. The molecule has 196 valence electrons. The van der Waals surface area contributed by atoms with Crippen molar-refractivity contribution in [2.45, 2.75) is 24.4 Å². The second-order valence-electron chi connectivity index (χ2n) is 10.4. The van der Waals surface area contributed by atoms with Gasteiger partial charge in [0.25, 0.3) is 0 Å². The number of aromatic nitrogens is 1. The van der Waals surface area contributed by atoms with E-state index in [4.69, 9.17) is 11.6 Å². The number of carbonyl (C=O) groups excluding carboxylic acids is 3. The highest BCUT2D eigenvalue weighted by atomic mass is 35.5. The average Bonchev–Trinajstić information content (AvgIpc) is 3.45. The summed E-state index contributed by atoms with van der Waals surface area (Å²) < 4.78 is 0. The summed E-state index contributed by atoms with van der Waals surface area (Å²) in [6.07, 6.45) is 3.58. The van der Waals surface area contributed by atoms with E-state index in [0.717, 1.165) is 16.8 Å². The predicted molar refractivity (Wildman–Crippen MR) is 155 cm³/mol. The van der Waals surface area contributed by atoms with Crippen LogP contribution in [0.15, 0.2) is 103 Å². The van der Waals surface area contributed by atoms with Crippen molar-refractivity contribution < 1.29 is 14.4 Å². The second-order valence-corrected chi connectivity index (χ2v) is 10.8. The summed E-state index contributed by atoms with van der Waals surface area (Å²) in [6, 6.07) is 25.6. The van der Waals surface area contributed by atoms with Gasteiger partial charge in [0.2, 0.25) is 5.91 Å². The number of hydrogen-bond donors (Lipinski definition) is 1. The summed E-state index contributed by atoms with van der Waals surface area (Å²) in [7, 11) is 0. The van der Waals surface area contributed by atoms with Crippen molar-refractivity contribution >= 4 is 46.0 Å². The molecule has 0 radical (unpaired) electrons. The monoisotopic (exact) mass is 545 g/mol. The lowest BCUT2D eigenvalue weighted by Gasteiger charge is -2.39. The van der Waals surface area contributed by atoms with E-state index in [0.29, 0.717) is 21.8 Å². The topological polar surface area (TPSA) is 79.4 Å². The molecule has 1 N–H and O–H groups in total. The minimum Gasteiger partial charge on any atom is -0.352 e. The van der Waals surface area contributed by atoms with Crippen molar-refractivity contribution in [3.8, 4) is 0 Å². The third-order valence-corrected chi connectivity index (χ3v) is 8.82. The molecule has 40 heavy (non-hydrogen) atoms. The Kier molecular flexibility index (Phi) is 5.51. The first-order valence-corrected chi connectivity index (χ1v) is 13.5. The van der Waals surface area contributed by atoms with Gasteiger partial charge in [0.1, 0.15) is 17.2 Å². The van der Waals surface area contributed by atoms with Crippen LogP contribution >= 0.6 is 11.6 Å². The highest BCUT2D eigenvalue weighted by molar-refractivity contribution is 6.34. The molecule has 6 nitrogen and oxygen atoms in total. The molecule has 7 heteroatoms. The maximum absolute atomic E-state index is 14.7. The van der Waals surface area contributed by atoms with Gasteiger partial charge in [-0.3, -0.25) is 19.4 Å². The highest BCUT2D eigenvalue weighted by Crippen LogP contribution is 2.58. The number of carbonyl (C=O) groups is 3. The van der Waals surface area contributed by atoms with Gasteiger partial charge in [0.15, 0.2) is 11.6 Å².